The van der Waals surface area contributed by atoms with Crippen LogP contribution in [0.5, 0.6) is 0 Å². The van der Waals surface area contributed by atoms with Crippen molar-refractivity contribution in [3.05, 3.63) is 75.9 Å². The molecule has 3 aliphatic rings. The molecule has 7 nitrogen and oxygen atoms in total. The highest BCUT2D eigenvalue weighted by Gasteiger charge is 2.26. The number of ketones is 2. The molecule has 1 aliphatic carbocycles. The fourth-order valence-corrected chi connectivity index (χ4v) is 7.29. The number of hydrogen-bond donors (Lipinski definition) is 1. The van der Waals surface area contributed by atoms with Crippen molar-refractivity contribution >= 4 is 17.3 Å². The predicted octanol–water partition coefficient (Wildman–Crippen LogP) is 5.94. The number of allylic oxidation sites excluding steroid dienone is 4. The largest absolute Gasteiger partial charge is 0.381 e. The molecule has 0 amide bonds. The van der Waals surface area contributed by atoms with Crippen LogP contribution in [-0.4, -0.2) is 86.4 Å². The van der Waals surface area contributed by atoms with Crippen molar-refractivity contribution in [3.63, 3.8) is 0 Å². The highest BCUT2D eigenvalue weighted by molar-refractivity contribution is 6.03. The van der Waals surface area contributed by atoms with Crippen LogP contribution in [-0.2, 0) is 16.1 Å². The molecule has 2 aromatic rings. The number of nitrogens with two attached hydrogens (primary N) is 1. The number of rotatable bonds is 12. The van der Waals surface area contributed by atoms with Crippen LogP contribution in [0.4, 0.5) is 5.69 Å². The zero-order chi connectivity index (χ0) is 31.9. The lowest BCUT2D eigenvalue weighted by atomic mass is 9.87. The van der Waals surface area contributed by atoms with Gasteiger partial charge in [-0.15, -0.1) is 0 Å². The average molecular weight is 613 g/mol. The highest BCUT2D eigenvalue weighted by atomic mass is 16.5. The Hall–Kier alpha value is -3.10. The van der Waals surface area contributed by atoms with E-state index < -0.39 is 0 Å². The number of carbonyl (C=O) groups is 2. The van der Waals surface area contributed by atoms with Gasteiger partial charge in [0, 0.05) is 95.7 Å². The van der Waals surface area contributed by atoms with Gasteiger partial charge in [0.25, 0.3) is 0 Å². The molecule has 7 heteroatoms. The number of hydrogen-bond acceptors (Lipinski definition) is 7. The standard InChI is InChI=1S/C38H52N4O3/c1-5-42(33-12-20-45-21-13-33)36-25-32(31-8-6-30(7-9-31)26-41-18-16-40(15-14-39)17-19-41)24-35(29(36)4)37(43)11-10-34-28(3)22-27(2)23-38(34)44/h6-9,22,24-25,33H,5,10-21,23,26,39H2,1-4H3. The van der Waals surface area contributed by atoms with Crippen molar-refractivity contribution in [1.82, 2.24) is 9.80 Å². The fourth-order valence-electron chi connectivity index (χ4n) is 7.29. The first kappa shape index (κ1) is 33.3. The van der Waals surface area contributed by atoms with Crippen molar-refractivity contribution in [3.8, 4) is 11.1 Å². The third-order valence-corrected chi connectivity index (χ3v) is 9.88. The van der Waals surface area contributed by atoms with Crippen molar-refractivity contribution in [2.24, 2.45) is 5.73 Å². The Morgan fingerprint density at radius 3 is 2.31 bits per heavy atom. The molecule has 0 spiro atoms. The van der Waals surface area contributed by atoms with E-state index in [0.717, 1.165) is 123 Å². The SMILES string of the molecule is CCN(c1cc(-c2ccc(CN3CCN(CCN)CC3)cc2)cc(C(=O)CCC2=C(C)C=C(C)CC2=O)c1C)C1CCOCC1. The van der Waals surface area contributed by atoms with Crippen LogP contribution >= 0.6 is 0 Å². The van der Waals surface area contributed by atoms with Crippen LogP contribution in [0.2, 0.25) is 0 Å². The molecular formula is C38H52N4O3. The van der Waals surface area contributed by atoms with E-state index in [1.165, 1.54) is 5.56 Å². The Balaban J connectivity index is 1.40. The van der Waals surface area contributed by atoms with Crippen LogP contribution in [0.1, 0.15) is 74.4 Å². The summed E-state index contributed by atoms with van der Waals surface area (Å²) in [7, 11) is 0. The summed E-state index contributed by atoms with van der Waals surface area (Å²) in [5, 5.41) is 0. The van der Waals surface area contributed by atoms with Crippen LogP contribution < -0.4 is 10.6 Å². The average Bonchev–Trinajstić information content (AvgIpc) is 3.03. The molecule has 0 bridgehead atoms. The number of Topliss-reactive ketones (excluding diaryl/α,β-unsaturated/α-hetero) is 2. The molecule has 0 atom stereocenters. The molecule has 2 N–H and O–H groups in total. The van der Waals surface area contributed by atoms with Crippen LogP contribution in [0, 0.1) is 6.92 Å². The zero-order valence-electron chi connectivity index (χ0n) is 27.9. The van der Waals surface area contributed by atoms with Crippen molar-refractivity contribution in [2.75, 3.05) is 63.9 Å². The summed E-state index contributed by atoms with van der Waals surface area (Å²) in [4.78, 5) is 34.2. The maximum absolute atomic E-state index is 13.9. The smallest absolute Gasteiger partial charge is 0.163 e. The number of anilines is 1. The number of benzene rings is 2. The summed E-state index contributed by atoms with van der Waals surface area (Å²) >= 11 is 0. The Kier molecular flexibility index (Phi) is 11.4. The van der Waals surface area contributed by atoms with Gasteiger partial charge in [-0.3, -0.25) is 19.4 Å². The highest BCUT2D eigenvalue weighted by Crippen LogP contribution is 2.35. The van der Waals surface area contributed by atoms with Gasteiger partial charge in [-0.1, -0.05) is 35.9 Å². The van der Waals surface area contributed by atoms with E-state index >= 15 is 0 Å². The first-order chi connectivity index (χ1) is 21.8. The van der Waals surface area contributed by atoms with Gasteiger partial charge in [0.1, 0.15) is 0 Å². The lowest BCUT2D eigenvalue weighted by Gasteiger charge is -2.37. The van der Waals surface area contributed by atoms with E-state index in [1.54, 1.807) is 0 Å². The van der Waals surface area contributed by atoms with Crippen molar-refractivity contribution < 1.29 is 14.3 Å². The summed E-state index contributed by atoms with van der Waals surface area (Å²) in [6.45, 7) is 17.6. The Labute approximate surface area is 270 Å². The maximum atomic E-state index is 13.9. The van der Waals surface area contributed by atoms with Crippen LogP contribution in [0.15, 0.2) is 59.2 Å². The van der Waals surface area contributed by atoms with Crippen LogP contribution in [0.3, 0.4) is 0 Å². The number of piperazine rings is 1. The van der Waals surface area contributed by atoms with Gasteiger partial charge in [-0.05, 0) is 92.5 Å². The summed E-state index contributed by atoms with van der Waals surface area (Å²) in [5.74, 6) is 0.254. The van der Waals surface area contributed by atoms with E-state index in [-0.39, 0.29) is 11.6 Å². The minimum Gasteiger partial charge on any atom is -0.381 e. The van der Waals surface area contributed by atoms with Gasteiger partial charge in [0.05, 0.1) is 0 Å². The van der Waals surface area contributed by atoms with Crippen LogP contribution in [0.25, 0.3) is 11.1 Å². The fraction of sp³-hybridized carbons (Fsp3) is 0.526. The van der Waals surface area contributed by atoms with E-state index in [4.69, 9.17) is 10.5 Å². The second-order valence-corrected chi connectivity index (χ2v) is 13.1. The third-order valence-electron chi connectivity index (χ3n) is 9.88. The summed E-state index contributed by atoms with van der Waals surface area (Å²) in [6, 6.07) is 13.6. The lowest BCUT2D eigenvalue weighted by Crippen LogP contribution is -2.47. The monoisotopic (exact) mass is 612 g/mol. The van der Waals surface area contributed by atoms with Gasteiger partial charge in [-0.2, -0.15) is 0 Å². The topological polar surface area (TPSA) is 79.1 Å². The molecule has 2 fully saturated rings. The van der Waals surface area contributed by atoms with E-state index in [2.05, 4.69) is 71.0 Å². The second kappa shape index (κ2) is 15.5. The lowest BCUT2D eigenvalue weighted by molar-refractivity contribution is -0.115. The van der Waals surface area contributed by atoms with Crippen molar-refractivity contribution in [2.45, 2.75) is 72.4 Å². The quantitative estimate of drug-likeness (QED) is 0.297. The zero-order valence-corrected chi connectivity index (χ0v) is 27.9. The summed E-state index contributed by atoms with van der Waals surface area (Å²) in [6.07, 6.45) is 5.33. The molecule has 2 aliphatic heterocycles. The van der Waals surface area contributed by atoms with Gasteiger partial charge < -0.3 is 15.4 Å². The minimum atomic E-state index is 0.100. The maximum Gasteiger partial charge on any atom is 0.163 e. The Morgan fingerprint density at radius 2 is 1.67 bits per heavy atom. The second-order valence-electron chi connectivity index (χ2n) is 13.1. The molecule has 2 aromatic carbocycles. The summed E-state index contributed by atoms with van der Waals surface area (Å²) < 4.78 is 5.68. The molecular weight excluding hydrogens is 560 g/mol. The molecule has 0 radical (unpaired) electrons. The summed E-state index contributed by atoms with van der Waals surface area (Å²) in [5.41, 5.74) is 15.0. The molecule has 0 saturated carbocycles. The molecule has 2 heterocycles. The molecule has 2 saturated heterocycles. The number of carbonyl (C=O) groups excluding carboxylic acids is 2. The number of ether oxygens (including phenoxy) is 1. The third kappa shape index (κ3) is 8.20. The molecule has 45 heavy (non-hydrogen) atoms. The molecule has 242 valence electrons. The predicted molar refractivity (Wildman–Crippen MR) is 184 cm³/mol. The molecule has 0 unspecified atom stereocenters. The first-order valence-electron chi connectivity index (χ1n) is 16.9. The first-order valence-corrected chi connectivity index (χ1v) is 16.9. The minimum absolute atomic E-state index is 0.100. The van der Waals surface area contributed by atoms with E-state index in [1.807, 2.05) is 13.8 Å². The van der Waals surface area contributed by atoms with Gasteiger partial charge in [0.2, 0.25) is 0 Å². The molecule has 0 aromatic heterocycles. The van der Waals surface area contributed by atoms with Gasteiger partial charge in [-0.25, -0.2) is 0 Å². The Bertz CT molecular complexity index is 1410. The van der Waals surface area contributed by atoms with E-state index in [0.29, 0.717) is 25.3 Å². The van der Waals surface area contributed by atoms with Crippen molar-refractivity contribution in [1.29, 1.82) is 0 Å². The molecule has 5 rings (SSSR count). The van der Waals surface area contributed by atoms with Gasteiger partial charge in [0.15, 0.2) is 11.6 Å². The number of nitrogens with zero attached hydrogens (tertiary/aromatic N) is 3. The normalized spacial score (nSPS) is 18.8. The van der Waals surface area contributed by atoms with E-state index in [9.17, 15) is 9.59 Å². The Morgan fingerprint density at radius 1 is 0.978 bits per heavy atom. The van der Waals surface area contributed by atoms with Gasteiger partial charge >= 0.3 is 0 Å².